The lowest BCUT2D eigenvalue weighted by molar-refractivity contribution is -0.0637. The van der Waals surface area contributed by atoms with E-state index in [2.05, 4.69) is 0 Å². The fourth-order valence-electron chi connectivity index (χ4n) is 2.22. The van der Waals surface area contributed by atoms with Gasteiger partial charge >= 0.3 is 6.09 Å². The molecule has 1 amide bonds. The standard InChI is InChI=1S/C14H27NO4/c1-7-11(16)8-10-9-18-14(5,6)15(10)12(17)19-13(2,3)4/h10-11,16H,7-9H2,1-6H3/t10?,11-/m1/s1. The molecule has 2 atom stereocenters. The second kappa shape index (κ2) is 5.67. The van der Waals surface area contributed by atoms with Gasteiger partial charge in [-0.1, -0.05) is 6.92 Å². The first-order valence-corrected chi connectivity index (χ1v) is 6.91. The van der Waals surface area contributed by atoms with Crippen LogP contribution in [-0.4, -0.2) is 46.2 Å². The van der Waals surface area contributed by atoms with Crippen LogP contribution in [0.2, 0.25) is 0 Å². The van der Waals surface area contributed by atoms with E-state index in [1.54, 1.807) is 4.90 Å². The normalized spacial score (nSPS) is 24.4. The summed E-state index contributed by atoms with van der Waals surface area (Å²) in [4.78, 5) is 13.9. The van der Waals surface area contributed by atoms with E-state index in [-0.39, 0.29) is 12.1 Å². The molecular weight excluding hydrogens is 246 g/mol. The molecule has 0 aromatic rings. The number of nitrogens with zero attached hydrogens (tertiary/aromatic N) is 1. The molecule has 1 fully saturated rings. The maximum absolute atomic E-state index is 12.3. The number of hydrogen-bond acceptors (Lipinski definition) is 4. The van der Waals surface area contributed by atoms with Crippen LogP contribution in [0.3, 0.4) is 0 Å². The lowest BCUT2D eigenvalue weighted by atomic mass is 10.1. The van der Waals surface area contributed by atoms with E-state index in [4.69, 9.17) is 9.47 Å². The third kappa shape index (κ3) is 4.35. The molecule has 1 unspecified atom stereocenters. The Hall–Kier alpha value is -0.810. The Morgan fingerprint density at radius 3 is 2.58 bits per heavy atom. The Balaban J connectivity index is 2.81. The van der Waals surface area contributed by atoms with Gasteiger partial charge in [0.25, 0.3) is 0 Å². The van der Waals surface area contributed by atoms with E-state index >= 15 is 0 Å². The summed E-state index contributed by atoms with van der Waals surface area (Å²) in [6.45, 7) is 11.6. The summed E-state index contributed by atoms with van der Waals surface area (Å²) >= 11 is 0. The number of hydrogen-bond donors (Lipinski definition) is 1. The molecule has 1 aliphatic rings. The van der Waals surface area contributed by atoms with E-state index < -0.39 is 17.4 Å². The summed E-state index contributed by atoms with van der Waals surface area (Å²) in [7, 11) is 0. The summed E-state index contributed by atoms with van der Waals surface area (Å²) < 4.78 is 11.1. The number of aliphatic hydroxyl groups excluding tert-OH is 1. The highest BCUT2D eigenvalue weighted by molar-refractivity contribution is 5.69. The van der Waals surface area contributed by atoms with Crippen LogP contribution in [0.15, 0.2) is 0 Å². The fourth-order valence-corrected chi connectivity index (χ4v) is 2.22. The summed E-state index contributed by atoms with van der Waals surface area (Å²) in [6.07, 6.45) is 0.369. The molecule has 0 aliphatic carbocycles. The van der Waals surface area contributed by atoms with E-state index in [0.29, 0.717) is 19.4 Å². The van der Waals surface area contributed by atoms with Crippen molar-refractivity contribution in [3.63, 3.8) is 0 Å². The third-order valence-electron chi connectivity index (χ3n) is 3.18. The van der Waals surface area contributed by atoms with Crippen LogP contribution in [0.5, 0.6) is 0 Å². The highest BCUT2D eigenvalue weighted by Gasteiger charge is 2.45. The summed E-state index contributed by atoms with van der Waals surface area (Å²) in [5.41, 5.74) is -1.23. The maximum Gasteiger partial charge on any atom is 0.412 e. The van der Waals surface area contributed by atoms with Crippen molar-refractivity contribution in [1.82, 2.24) is 4.90 Å². The average molecular weight is 273 g/mol. The minimum absolute atomic E-state index is 0.139. The molecule has 1 heterocycles. The predicted molar refractivity (Wildman–Crippen MR) is 72.8 cm³/mol. The van der Waals surface area contributed by atoms with E-state index in [1.165, 1.54) is 0 Å². The lowest BCUT2D eigenvalue weighted by Gasteiger charge is -2.35. The van der Waals surface area contributed by atoms with Gasteiger partial charge in [-0.2, -0.15) is 0 Å². The van der Waals surface area contributed by atoms with Gasteiger partial charge in [0.15, 0.2) is 0 Å². The number of ether oxygens (including phenoxy) is 2. The number of carbonyl (C=O) groups is 1. The highest BCUT2D eigenvalue weighted by atomic mass is 16.6. The molecule has 1 rings (SSSR count). The molecule has 5 nitrogen and oxygen atoms in total. The average Bonchev–Trinajstić information content (AvgIpc) is 2.51. The van der Waals surface area contributed by atoms with Crippen molar-refractivity contribution in [3.05, 3.63) is 0 Å². The number of amides is 1. The number of aliphatic hydroxyl groups is 1. The predicted octanol–water partition coefficient (Wildman–Crippen LogP) is 2.52. The first kappa shape index (κ1) is 16.2. The van der Waals surface area contributed by atoms with Gasteiger partial charge in [-0.05, 0) is 47.5 Å². The van der Waals surface area contributed by atoms with Gasteiger partial charge in [0.05, 0.1) is 18.8 Å². The lowest BCUT2D eigenvalue weighted by Crippen LogP contribution is -2.50. The van der Waals surface area contributed by atoms with Gasteiger partial charge < -0.3 is 14.6 Å². The summed E-state index contributed by atoms with van der Waals surface area (Å²) in [5.74, 6) is 0. The van der Waals surface area contributed by atoms with E-state index in [0.717, 1.165) is 0 Å². The largest absolute Gasteiger partial charge is 0.444 e. The van der Waals surface area contributed by atoms with Crippen molar-refractivity contribution >= 4 is 6.09 Å². The molecule has 0 aromatic heterocycles. The van der Waals surface area contributed by atoms with Crippen LogP contribution in [0.1, 0.15) is 54.4 Å². The van der Waals surface area contributed by atoms with Crippen molar-refractivity contribution in [1.29, 1.82) is 0 Å². The quantitative estimate of drug-likeness (QED) is 0.858. The zero-order chi connectivity index (χ0) is 14.8. The Kier molecular flexibility index (Phi) is 4.85. The smallest absolute Gasteiger partial charge is 0.412 e. The van der Waals surface area contributed by atoms with Crippen LogP contribution < -0.4 is 0 Å². The Morgan fingerprint density at radius 2 is 2.11 bits per heavy atom. The van der Waals surface area contributed by atoms with Gasteiger partial charge in [-0.15, -0.1) is 0 Å². The molecule has 1 N–H and O–H groups in total. The SMILES string of the molecule is CC[C@@H](O)CC1COC(C)(C)N1C(=O)OC(C)(C)C. The first-order chi connectivity index (χ1) is 8.57. The Bertz CT molecular complexity index is 322. The van der Waals surface area contributed by atoms with Crippen molar-refractivity contribution < 1.29 is 19.4 Å². The summed E-state index contributed by atoms with van der Waals surface area (Å²) in [5, 5.41) is 9.79. The zero-order valence-corrected chi connectivity index (χ0v) is 12.9. The number of rotatable bonds is 3. The van der Waals surface area contributed by atoms with Crippen LogP contribution in [-0.2, 0) is 9.47 Å². The minimum Gasteiger partial charge on any atom is -0.444 e. The van der Waals surface area contributed by atoms with Gasteiger partial charge in [-0.3, -0.25) is 4.90 Å². The molecule has 0 radical (unpaired) electrons. The molecule has 0 aromatic carbocycles. The molecule has 1 aliphatic heterocycles. The zero-order valence-electron chi connectivity index (χ0n) is 12.9. The van der Waals surface area contributed by atoms with Gasteiger partial charge in [-0.25, -0.2) is 4.79 Å². The second-order valence-corrected chi connectivity index (χ2v) is 6.56. The van der Waals surface area contributed by atoms with Crippen molar-refractivity contribution in [3.8, 4) is 0 Å². The van der Waals surface area contributed by atoms with Crippen LogP contribution in [0.25, 0.3) is 0 Å². The Labute approximate surface area is 115 Å². The van der Waals surface area contributed by atoms with Crippen LogP contribution >= 0.6 is 0 Å². The number of carbonyl (C=O) groups excluding carboxylic acids is 1. The van der Waals surface area contributed by atoms with Crippen molar-refractivity contribution in [2.24, 2.45) is 0 Å². The maximum atomic E-state index is 12.3. The van der Waals surface area contributed by atoms with Crippen molar-refractivity contribution in [2.75, 3.05) is 6.61 Å². The topological polar surface area (TPSA) is 59.0 Å². The second-order valence-electron chi connectivity index (χ2n) is 6.56. The molecule has 1 saturated heterocycles. The van der Waals surface area contributed by atoms with Gasteiger partial charge in [0.1, 0.15) is 11.3 Å². The molecule has 19 heavy (non-hydrogen) atoms. The molecule has 0 saturated carbocycles. The molecular formula is C14H27NO4. The molecule has 0 bridgehead atoms. The van der Waals surface area contributed by atoms with Gasteiger partial charge in [0.2, 0.25) is 0 Å². The summed E-state index contributed by atoms with van der Waals surface area (Å²) in [6, 6.07) is -0.139. The molecule has 5 heteroatoms. The van der Waals surface area contributed by atoms with E-state index in [9.17, 15) is 9.90 Å². The van der Waals surface area contributed by atoms with Gasteiger partial charge in [0, 0.05) is 0 Å². The third-order valence-corrected chi connectivity index (χ3v) is 3.18. The minimum atomic E-state index is -0.694. The van der Waals surface area contributed by atoms with Crippen molar-refractivity contribution in [2.45, 2.75) is 77.9 Å². The molecule has 112 valence electrons. The first-order valence-electron chi connectivity index (χ1n) is 6.91. The van der Waals surface area contributed by atoms with E-state index in [1.807, 2.05) is 41.5 Å². The van der Waals surface area contributed by atoms with Crippen LogP contribution in [0.4, 0.5) is 4.79 Å². The highest BCUT2D eigenvalue weighted by Crippen LogP contribution is 2.31. The Morgan fingerprint density at radius 1 is 1.53 bits per heavy atom. The fraction of sp³-hybridized carbons (Fsp3) is 0.929. The van der Waals surface area contributed by atoms with Crippen LogP contribution in [0, 0.1) is 0 Å². The monoisotopic (exact) mass is 273 g/mol. The molecule has 0 spiro atoms.